The van der Waals surface area contributed by atoms with Gasteiger partial charge >= 0.3 is 0 Å². The summed E-state index contributed by atoms with van der Waals surface area (Å²) in [7, 11) is 1.56. The fraction of sp³-hybridized carbons (Fsp3) is 0.368. The molecule has 26 heavy (non-hydrogen) atoms. The zero-order valence-electron chi connectivity index (χ0n) is 14.8. The second kappa shape index (κ2) is 8.82. The molecule has 1 aromatic carbocycles. The van der Waals surface area contributed by atoms with Crippen molar-refractivity contribution in [2.75, 3.05) is 46.4 Å². The van der Waals surface area contributed by atoms with Crippen LogP contribution in [0, 0.1) is 0 Å². The van der Waals surface area contributed by atoms with Crippen LogP contribution in [0.4, 0.5) is 0 Å². The molecule has 0 aliphatic carbocycles. The fourth-order valence-electron chi connectivity index (χ4n) is 2.99. The van der Waals surface area contributed by atoms with Crippen molar-refractivity contribution in [2.45, 2.75) is 0 Å². The highest BCUT2D eigenvalue weighted by atomic mass is 32.1. The molecule has 1 saturated heterocycles. The van der Waals surface area contributed by atoms with E-state index >= 15 is 0 Å². The number of rotatable bonds is 6. The zero-order chi connectivity index (χ0) is 18.4. The Balaban J connectivity index is 1.41. The van der Waals surface area contributed by atoms with Crippen molar-refractivity contribution < 1.29 is 14.3 Å². The molecule has 3 rings (SSSR count). The van der Waals surface area contributed by atoms with Gasteiger partial charge in [-0.15, -0.1) is 11.3 Å². The maximum Gasteiger partial charge on any atom is 0.264 e. The van der Waals surface area contributed by atoms with Crippen molar-refractivity contribution in [3.8, 4) is 5.75 Å². The average molecular weight is 373 g/mol. The standard InChI is InChI=1S/C19H23N3O3S/c1-25-16-6-3-2-5-15(16)18(23)20-8-9-21-10-12-22(13-11-21)19(24)17-7-4-14-26-17/h2-7,14H,8-13H2,1H3,(H,20,23). The van der Waals surface area contributed by atoms with Gasteiger partial charge in [-0.25, -0.2) is 0 Å². The Kier molecular flexibility index (Phi) is 6.25. The molecule has 2 aromatic rings. The number of carbonyl (C=O) groups is 2. The molecule has 1 N–H and O–H groups in total. The van der Waals surface area contributed by atoms with E-state index in [2.05, 4.69) is 10.2 Å². The highest BCUT2D eigenvalue weighted by molar-refractivity contribution is 7.12. The van der Waals surface area contributed by atoms with Crippen molar-refractivity contribution in [1.29, 1.82) is 0 Å². The summed E-state index contributed by atoms with van der Waals surface area (Å²) in [5.41, 5.74) is 0.543. The highest BCUT2D eigenvalue weighted by Crippen LogP contribution is 2.17. The third-order valence-corrected chi connectivity index (χ3v) is 5.31. The molecular formula is C19H23N3O3S. The first kappa shape index (κ1) is 18.4. The molecule has 0 saturated carbocycles. The molecule has 138 valence electrons. The lowest BCUT2D eigenvalue weighted by Gasteiger charge is -2.34. The lowest BCUT2D eigenvalue weighted by Crippen LogP contribution is -2.50. The summed E-state index contributed by atoms with van der Waals surface area (Å²) in [4.78, 5) is 29.6. The molecule has 0 unspecified atom stereocenters. The number of ether oxygens (including phenoxy) is 1. The monoisotopic (exact) mass is 373 g/mol. The predicted octanol–water partition coefficient (Wildman–Crippen LogP) is 1.94. The third-order valence-electron chi connectivity index (χ3n) is 4.46. The van der Waals surface area contributed by atoms with Crippen LogP contribution in [0.3, 0.4) is 0 Å². The lowest BCUT2D eigenvalue weighted by atomic mass is 10.2. The quantitative estimate of drug-likeness (QED) is 0.841. The van der Waals surface area contributed by atoms with Gasteiger partial charge in [0.15, 0.2) is 0 Å². The molecule has 1 aliphatic heterocycles. The Morgan fingerprint density at radius 1 is 1.12 bits per heavy atom. The van der Waals surface area contributed by atoms with Gasteiger partial charge in [0.2, 0.25) is 0 Å². The Morgan fingerprint density at radius 3 is 2.58 bits per heavy atom. The minimum absolute atomic E-state index is 0.115. The summed E-state index contributed by atoms with van der Waals surface area (Å²) in [6.45, 7) is 4.41. The molecule has 2 heterocycles. The maximum absolute atomic E-state index is 12.3. The van der Waals surface area contributed by atoms with E-state index in [4.69, 9.17) is 4.74 Å². The molecule has 2 amide bonds. The Bertz CT molecular complexity index is 740. The molecule has 0 radical (unpaired) electrons. The van der Waals surface area contributed by atoms with Gasteiger partial charge in [-0.05, 0) is 23.6 Å². The molecule has 1 aromatic heterocycles. The fourth-order valence-corrected chi connectivity index (χ4v) is 3.68. The topological polar surface area (TPSA) is 61.9 Å². The van der Waals surface area contributed by atoms with E-state index in [9.17, 15) is 9.59 Å². The second-order valence-electron chi connectivity index (χ2n) is 6.07. The third kappa shape index (κ3) is 4.42. The Hall–Kier alpha value is -2.38. The number of carbonyl (C=O) groups excluding carboxylic acids is 2. The number of piperazine rings is 1. The maximum atomic E-state index is 12.3. The van der Waals surface area contributed by atoms with Gasteiger partial charge in [0.05, 0.1) is 17.6 Å². The summed E-state index contributed by atoms with van der Waals surface area (Å²) in [5, 5.41) is 4.86. The van der Waals surface area contributed by atoms with Gasteiger partial charge < -0.3 is 15.0 Å². The van der Waals surface area contributed by atoms with Crippen LogP contribution in [-0.2, 0) is 0 Å². The van der Waals surface area contributed by atoms with Crippen LogP contribution in [-0.4, -0.2) is 68.0 Å². The van der Waals surface area contributed by atoms with E-state index in [1.807, 2.05) is 34.5 Å². The van der Waals surface area contributed by atoms with Gasteiger partial charge in [0.1, 0.15) is 5.75 Å². The molecule has 0 spiro atoms. The van der Waals surface area contributed by atoms with E-state index in [-0.39, 0.29) is 11.8 Å². The smallest absolute Gasteiger partial charge is 0.264 e. The number of thiophene rings is 1. The first-order valence-corrected chi connectivity index (χ1v) is 9.53. The van der Waals surface area contributed by atoms with E-state index < -0.39 is 0 Å². The average Bonchev–Trinajstić information content (AvgIpc) is 3.22. The summed E-state index contributed by atoms with van der Waals surface area (Å²) in [6, 6.07) is 11.0. The SMILES string of the molecule is COc1ccccc1C(=O)NCCN1CCN(C(=O)c2cccs2)CC1. The van der Waals surface area contributed by atoms with Crippen molar-refractivity contribution >= 4 is 23.2 Å². The van der Waals surface area contributed by atoms with Gasteiger partial charge in [-0.1, -0.05) is 18.2 Å². The van der Waals surface area contributed by atoms with Crippen LogP contribution in [0.2, 0.25) is 0 Å². The summed E-state index contributed by atoms with van der Waals surface area (Å²) in [6.07, 6.45) is 0. The van der Waals surface area contributed by atoms with Crippen LogP contribution in [0.1, 0.15) is 20.0 Å². The molecule has 1 aliphatic rings. The van der Waals surface area contributed by atoms with Gasteiger partial charge in [0, 0.05) is 39.3 Å². The number of amides is 2. The van der Waals surface area contributed by atoms with Crippen molar-refractivity contribution in [1.82, 2.24) is 15.1 Å². The Morgan fingerprint density at radius 2 is 1.88 bits per heavy atom. The molecule has 0 bridgehead atoms. The Labute approximate surface area is 157 Å². The van der Waals surface area contributed by atoms with E-state index in [1.54, 1.807) is 19.2 Å². The summed E-state index contributed by atoms with van der Waals surface area (Å²) < 4.78 is 5.22. The van der Waals surface area contributed by atoms with Crippen LogP contribution in [0.25, 0.3) is 0 Å². The summed E-state index contributed by atoms with van der Waals surface area (Å²) >= 11 is 1.48. The minimum Gasteiger partial charge on any atom is -0.496 e. The van der Waals surface area contributed by atoms with Crippen molar-refractivity contribution in [3.05, 3.63) is 52.2 Å². The van der Waals surface area contributed by atoms with Crippen LogP contribution in [0.5, 0.6) is 5.75 Å². The normalized spacial score (nSPS) is 14.9. The predicted molar refractivity (Wildman–Crippen MR) is 102 cm³/mol. The second-order valence-corrected chi connectivity index (χ2v) is 7.02. The first-order chi connectivity index (χ1) is 12.7. The van der Waals surface area contributed by atoms with Crippen molar-refractivity contribution in [3.63, 3.8) is 0 Å². The number of methoxy groups -OCH3 is 1. The van der Waals surface area contributed by atoms with Crippen molar-refractivity contribution in [2.24, 2.45) is 0 Å². The van der Waals surface area contributed by atoms with Gasteiger partial charge in [-0.3, -0.25) is 14.5 Å². The van der Waals surface area contributed by atoms with E-state index in [0.717, 1.165) is 37.6 Å². The molecule has 0 atom stereocenters. The zero-order valence-corrected chi connectivity index (χ0v) is 15.6. The number of benzene rings is 1. The largest absolute Gasteiger partial charge is 0.496 e. The van der Waals surface area contributed by atoms with E-state index in [1.165, 1.54) is 11.3 Å². The molecule has 6 nitrogen and oxygen atoms in total. The van der Waals surface area contributed by atoms with Crippen LogP contribution >= 0.6 is 11.3 Å². The first-order valence-electron chi connectivity index (χ1n) is 8.65. The number of hydrogen-bond donors (Lipinski definition) is 1. The number of nitrogens with zero attached hydrogens (tertiary/aromatic N) is 2. The molecular weight excluding hydrogens is 350 g/mol. The minimum atomic E-state index is -0.131. The number of para-hydroxylation sites is 1. The van der Waals surface area contributed by atoms with Gasteiger partial charge in [-0.2, -0.15) is 0 Å². The molecule has 7 heteroatoms. The number of hydrogen-bond acceptors (Lipinski definition) is 5. The van der Waals surface area contributed by atoms with Crippen LogP contribution in [0.15, 0.2) is 41.8 Å². The molecule has 1 fully saturated rings. The highest BCUT2D eigenvalue weighted by Gasteiger charge is 2.22. The lowest BCUT2D eigenvalue weighted by molar-refractivity contribution is 0.0643. The van der Waals surface area contributed by atoms with Gasteiger partial charge in [0.25, 0.3) is 11.8 Å². The number of nitrogens with one attached hydrogen (secondary N) is 1. The van der Waals surface area contributed by atoms with E-state index in [0.29, 0.717) is 17.9 Å². The summed E-state index contributed by atoms with van der Waals surface area (Å²) in [5.74, 6) is 0.559. The van der Waals surface area contributed by atoms with Crippen LogP contribution < -0.4 is 10.1 Å².